The molecule has 2 aromatic rings. The Morgan fingerprint density at radius 2 is 2.05 bits per heavy atom. The number of nitrogens with zero attached hydrogens (tertiary/aromatic N) is 2. The molecule has 0 spiro atoms. The first-order valence-electron chi connectivity index (χ1n) is 6.62. The zero-order valence-electron chi connectivity index (χ0n) is 11.2. The van der Waals surface area contributed by atoms with Gasteiger partial charge < -0.3 is 4.90 Å². The van der Waals surface area contributed by atoms with Gasteiger partial charge in [-0.2, -0.15) is 0 Å². The number of fused-ring (bicyclic) bond motifs is 1. The van der Waals surface area contributed by atoms with Gasteiger partial charge >= 0.3 is 0 Å². The van der Waals surface area contributed by atoms with E-state index < -0.39 is 0 Å². The molecular formula is C15H15FN2OS. The number of Topliss-reactive ketones (excluding diaryl/α,β-unsaturated/α-hetero) is 1. The highest BCUT2D eigenvalue weighted by atomic mass is 32.1. The van der Waals surface area contributed by atoms with Crippen LogP contribution in [0.5, 0.6) is 0 Å². The molecule has 0 aliphatic heterocycles. The number of aromatic nitrogens is 1. The molecule has 104 valence electrons. The van der Waals surface area contributed by atoms with E-state index in [9.17, 15) is 9.18 Å². The van der Waals surface area contributed by atoms with Crippen molar-refractivity contribution >= 4 is 22.3 Å². The van der Waals surface area contributed by atoms with Crippen molar-refractivity contribution in [2.24, 2.45) is 0 Å². The average Bonchev–Trinajstić information content (AvgIpc) is 2.87. The molecule has 1 aliphatic rings. The van der Waals surface area contributed by atoms with Gasteiger partial charge in [0.25, 0.3) is 0 Å². The van der Waals surface area contributed by atoms with Crippen LogP contribution in [-0.4, -0.2) is 17.8 Å². The van der Waals surface area contributed by atoms with Crippen LogP contribution in [0.3, 0.4) is 0 Å². The third-order valence-corrected chi connectivity index (χ3v) is 4.67. The zero-order chi connectivity index (χ0) is 14.1. The van der Waals surface area contributed by atoms with Gasteiger partial charge in [-0.15, -0.1) is 0 Å². The molecule has 5 heteroatoms. The lowest BCUT2D eigenvalue weighted by atomic mass is 10.0. The minimum Gasteiger partial charge on any atom is -0.347 e. The second-order valence-corrected chi connectivity index (χ2v) is 6.01. The summed E-state index contributed by atoms with van der Waals surface area (Å²) in [6, 6.07) is 6.45. The normalized spacial score (nSPS) is 14.2. The summed E-state index contributed by atoms with van der Waals surface area (Å²) >= 11 is 1.47. The summed E-state index contributed by atoms with van der Waals surface area (Å²) in [5.74, 6) is -0.0168. The maximum absolute atomic E-state index is 12.9. The van der Waals surface area contributed by atoms with Gasteiger partial charge in [-0.1, -0.05) is 23.5 Å². The first kappa shape index (κ1) is 13.2. The standard InChI is InChI=1S/C15H15FN2OS/c1-18(9-10-5-7-11(16)8-6-10)15-17-12-3-2-4-13(19)14(12)20-15/h5-8H,2-4,9H2,1H3. The van der Waals surface area contributed by atoms with E-state index in [1.165, 1.54) is 23.5 Å². The van der Waals surface area contributed by atoms with Crippen molar-refractivity contribution in [2.75, 3.05) is 11.9 Å². The van der Waals surface area contributed by atoms with E-state index in [2.05, 4.69) is 4.98 Å². The molecule has 0 saturated carbocycles. The van der Waals surface area contributed by atoms with Crippen molar-refractivity contribution in [1.82, 2.24) is 4.98 Å². The quantitative estimate of drug-likeness (QED) is 0.868. The van der Waals surface area contributed by atoms with Crippen LogP contribution < -0.4 is 4.90 Å². The number of hydrogen-bond donors (Lipinski definition) is 0. The van der Waals surface area contributed by atoms with E-state index in [0.717, 1.165) is 34.1 Å². The predicted octanol–water partition coefficient (Wildman–Crippen LogP) is 3.44. The molecule has 0 N–H and O–H groups in total. The minimum atomic E-state index is -0.230. The van der Waals surface area contributed by atoms with Gasteiger partial charge in [-0.05, 0) is 30.5 Å². The molecule has 1 aromatic heterocycles. The van der Waals surface area contributed by atoms with Crippen molar-refractivity contribution in [1.29, 1.82) is 0 Å². The van der Waals surface area contributed by atoms with Crippen LogP contribution in [0.1, 0.15) is 33.8 Å². The molecule has 0 fully saturated rings. The van der Waals surface area contributed by atoms with Crippen LogP contribution >= 0.6 is 11.3 Å². The van der Waals surface area contributed by atoms with Crippen molar-refractivity contribution in [3.63, 3.8) is 0 Å². The largest absolute Gasteiger partial charge is 0.347 e. The summed E-state index contributed by atoms with van der Waals surface area (Å²) in [5.41, 5.74) is 1.96. The van der Waals surface area contributed by atoms with Gasteiger partial charge in [0.1, 0.15) is 5.82 Å². The Labute approximate surface area is 121 Å². The monoisotopic (exact) mass is 290 g/mol. The number of anilines is 1. The number of hydrogen-bond acceptors (Lipinski definition) is 4. The molecule has 1 aromatic carbocycles. The Balaban J connectivity index is 1.79. The van der Waals surface area contributed by atoms with Crippen LogP contribution in [0.15, 0.2) is 24.3 Å². The molecule has 0 bridgehead atoms. The van der Waals surface area contributed by atoms with E-state index in [0.29, 0.717) is 13.0 Å². The van der Waals surface area contributed by atoms with Crippen molar-refractivity contribution < 1.29 is 9.18 Å². The Kier molecular flexibility index (Phi) is 3.53. The Morgan fingerprint density at radius 1 is 1.30 bits per heavy atom. The van der Waals surface area contributed by atoms with Gasteiger partial charge in [0.2, 0.25) is 0 Å². The van der Waals surface area contributed by atoms with Crippen LogP contribution in [0, 0.1) is 5.82 Å². The predicted molar refractivity (Wildman–Crippen MR) is 77.9 cm³/mol. The molecule has 3 rings (SSSR count). The van der Waals surface area contributed by atoms with Crippen LogP contribution in [-0.2, 0) is 13.0 Å². The SMILES string of the molecule is CN(Cc1ccc(F)cc1)c1nc2c(s1)C(=O)CCC2. The first-order valence-corrected chi connectivity index (χ1v) is 7.43. The van der Waals surface area contributed by atoms with Crippen molar-refractivity contribution in [2.45, 2.75) is 25.8 Å². The number of ketones is 1. The van der Waals surface area contributed by atoms with Crippen LogP contribution in [0.25, 0.3) is 0 Å². The van der Waals surface area contributed by atoms with Gasteiger partial charge in [0.15, 0.2) is 10.9 Å². The highest BCUT2D eigenvalue weighted by Crippen LogP contribution is 2.31. The maximum Gasteiger partial charge on any atom is 0.186 e. The van der Waals surface area contributed by atoms with E-state index in [-0.39, 0.29) is 11.6 Å². The number of thiazole rings is 1. The highest BCUT2D eigenvalue weighted by Gasteiger charge is 2.23. The van der Waals surface area contributed by atoms with E-state index in [4.69, 9.17) is 0 Å². The van der Waals surface area contributed by atoms with Gasteiger partial charge in [0.05, 0.1) is 10.6 Å². The molecular weight excluding hydrogens is 275 g/mol. The molecule has 0 amide bonds. The van der Waals surface area contributed by atoms with Crippen LogP contribution in [0.2, 0.25) is 0 Å². The number of rotatable bonds is 3. The van der Waals surface area contributed by atoms with E-state index >= 15 is 0 Å². The van der Waals surface area contributed by atoms with E-state index in [1.54, 1.807) is 12.1 Å². The number of benzene rings is 1. The smallest absolute Gasteiger partial charge is 0.186 e. The molecule has 0 atom stereocenters. The maximum atomic E-state index is 12.9. The van der Waals surface area contributed by atoms with Gasteiger partial charge in [-0.3, -0.25) is 4.79 Å². The molecule has 0 saturated heterocycles. The topological polar surface area (TPSA) is 33.2 Å². The van der Waals surface area contributed by atoms with Crippen molar-refractivity contribution in [3.05, 3.63) is 46.2 Å². The number of carbonyl (C=O) groups is 1. The first-order chi connectivity index (χ1) is 9.63. The summed E-state index contributed by atoms with van der Waals surface area (Å²) in [6.07, 6.45) is 2.43. The molecule has 3 nitrogen and oxygen atoms in total. The van der Waals surface area contributed by atoms with Crippen LogP contribution in [0.4, 0.5) is 9.52 Å². The molecule has 1 heterocycles. The zero-order valence-corrected chi connectivity index (χ0v) is 12.0. The fourth-order valence-corrected chi connectivity index (χ4v) is 3.39. The molecule has 0 unspecified atom stereocenters. The molecule has 1 aliphatic carbocycles. The minimum absolute atomic E-state index is 0.213. The van der Waals surface area contributed by atoms with Gasteiger partial charge in [0, 0.05) is 20.0 Å². The summed E-state index contributed by atoms with van der Waals surface area (Å²) in [7, 11) is 1.94. The third-order valence-electron chi connectivity index (χ3n) is 3.42. The second-order valence-electron chi connectivity index (χ2n) is 5.03. The highest BCUT2D eigenvalue weighted by molar-refractivity contribution is 7.17. The Morgan fingerprint density at radius 3 is 2.75 bits per heavy atom. The summed E-state index contributed by atoms with van der Waals surface area (Å²) in [5, 5.41) is 0.856. The number of carbonyl (C=O) groups excluding carboxylic acids is 1. The van der Waals surface area contributed by atoms with Crippen molar-refractivity contribution in [3.8, 4) is 0 Å². The number of aryl methyl sites for hydroxylation is 1. The number of halogens is 1. The third kappa shape index (κ3) is 2.58. The van der Waals surface area contributed by atoms with E-state index in [1.807, 2.05) is 11.9 Å². The average molecular weight is 290 g/mol. The summed E-state index contributed by atoms with van der Waals surface area (Å²) < 4.78 is 12.9. The Hall–Kier alpha value is -1.75. The fraction of sp³-hybridized carbons (Fsp3) is 0.333. The molecule has 0 radical (unpaired) electrons. The lowest BCUT2D eigenvalue weighted by molar-refractivity contribution is 0.0976. The summed E-state index contributed by atoms with van der Waals surface area (Å²) in [6.45, 7) is 0.654. The lowest BCUT2D eigenvalue weighted by Crippen LogP contribution is -2.16. The van der Waals surface area contributed by atoms with Gasteiger partial charge in [-0.25, -0.2) is 9.37 Å². The molecule has 20 heavy (non-hydrogen) atoms. The second kappa shape index (κ2) is 5.32. The summed E-state index contributed by atoms with van der Waals surface area (Å²) in [4.78, 5) is 19.2. The lowest BCUT2D eigenvalue weighted by Gasteiger charge is -2.15. The Bertz CT molecular complexity index is 636. The fourth-order valence-electron chi connectivity index (χ4n) is 2.35.